The summed E-state index contributed by atoms with van der Waals surface area (Å²) < 4.78 is 14.7. The first-order chi connectivity index (χ1) is 14.4. The van der Waals surface area contributed by atoms with Gasteiger partial charge in [0.2, 0.25) is 11.7 Å². The molecule has 3 aromatic rings. The van der Waals surface area contributed by atoms with Crippen LogP contribution in [-0.2, 0) is 18.4 Å². The van der Waals surface area contributed by atoms with Crippen molar-refractivity contribution >= 4 is 23.5 Å². The first-order valence-electron chi connectivity index (χ1n) is 9.03. The van der Waals surface area contributed by atoms with E-state index in [1.165, 1.54) is 10.9 Å². The van der Waals surface area contributed by atoms with Gasteiger partial charge in [0.15, 0.2) is 0 Å². The summed E-state index contributed by atoms with van der Waals surface area (Å²) in [4.78, 5) is 24.1. The quantitative estimate of drug-likeness (QED) is 0.537. The number of nitrogens with one attached hydrogen (secondary N) is 3. The zero-order chi connectivity index (χ0) is 21.7. The first kappa shape index (κ1) is 21.2. The van der Waals surface area contributed by atoms with E-state index in [0.717, 1.165) is 0 Å². The van der Waals surface area contributed by atoms with Crippen LogP contribution in [0, 0.1) is 5.82 Å². The third-order valence-electron chi connectivity index (χ3n) is 4.19. The predicted molar refractivity (Wildman–Crippen MR) is 108 cm³/mol. The lowest BCUT2D eigenvalue weighted by atomic mass is 9.98. The molecule has 3 N–H and O–H groups in total. The Bertz CT molecular complexity index is 1090. The van der Waals surface area contributed by atoms with Gasteiger partial charge in [-0.1, -0.05) is 42.8 Å². The van der Waals surface area contributed by atoms with Gasteiger partial charge in [-0.3, -0.25) is 10.2 Å². The van der Waals surface area contributed by atoms with Gasteiger partial charge in [-0.2, -0.15) is 4.80 Å². The highest BCUT2D eigenvalue weighted by Gasteiger charge is 2.17. The van der Waals surface area contributed by atoms with Crippen molar-refractivity contribution in [2.24, 2.45) is 7.05 Å². The summed E-state index contributed by atoms with van der Waals surface area (Å²) in [5.41, 5.74) is 6.44. The Hall–Kier alpha value is -3.53. The third kappa shape index (κ3) is 4.90. The Morgan fingerprint density at radius 3 is 2.67 bits per heavy atom. The van der Waals surface area contributed by atoms with Gasteiger partial charge in [-0.05, 0) is 28.5 Å². The molecule has 1 aromatic heterocycles. The fourth-order valence-electron chi connectivity index (χ4n) is 2.67. The topological polar surface area (TPSA) is 114 Å². The normalized spacial score (nSPS) is 10.5. The molecule has 0 spiro atoms. The number of rotatable bonds is 5. The van der Waals surface area contributed by atoms with Crippen LogP contribution in [0.3, 0.4) is 0 Å². The summed E-state index contributed by atoms with van der Waals surface area (Å²) in [6.45, 7) is 1.59. The maximum Gasteiger partial charge on any atom is 0.333 e. The molecular weight excluding hydrogens is 413 g/mol. The summed E-state index contributed by atoms with van der Waals surface area (Å²) in [5, 5.41) is 14.9. The van der Waals surface area contributed by atoms with Crippen LogP contribution in [0.2, 0.25) is 5.02 Å². The average molecular weight is 432 g/mol. The lowest BCUT2D eigenvalue weighted by molar-refractivity contribution is -0.121. The second-order valence-electron chi connectivity index (χ2n) is 6.28. The van der Waals surface area contributed by atoms with Crippen LogP contribution in [0.4, 0.5) is 9.18 Å². The minimum absolute atomic E-state index is 0.0614. The summed E-state index contributed by atoms with van der Waals surface area (Å²) in [6, 6.07) is 9.20. The standard InChI is InChI=1S/C19H19ClFN7O2/c1-3-16(29)23-25-19(30)22-10-12-8-7-11(9-15(12)21)13-5-4-6-14(20)17(13)18-24-27-28(2)26-18/h4-9H,3,10H2,1-2H3,(H,23,29)(H2,22,25,30). The van der Waals surface area contributed by atoms with E-state index in [4.69, 9.17) is 11.6 Å². The Balaban J connectivity index is 1.79. The molecule has 0 aliphatic rings. The summed E-state index contributed by atoms with van der Waals surface area (Å²) in [5.74, 6) is -0.519. The molecule has 0 fully saturated rings. The molecule has 0 unspecified atom stereocenters. The summed E-state index contributed by atoms with van der Waals surface area (Å²) >= 11 is 6.35. The number of halogens is 2. The van der Waals surface area contributed by atoms with Crippen molar-refractivity contribution < 1.29 is 14.0 Å². The van der Waals surface area contributed by atoms with E-state index in [-0.39, 0.29) is 24.4 Å². The summed E-state index contributed by atoms with van der Waals surface area (Å²) in [6.07, 6.45) is 0.228. The van der Waals surface area contributed by atoms with Crippen LogP contribution in [0.15, 0.2) is 36.4 Å². The van der Waals surface area contributed by atoms with Gasteiger partial charge >= 0.3 is 6.03 Å². The second kappa shape index (κ2) is 9.31. The van der Waals surface area contributed by atoms with Crippen LogP contribution in [0.1, 0.15) is 18.9 Å². The van der Waals surface area contributed by atoms with Crippen molar-refractivity contribution in [1.82, 2.24) is 36.4 Å². The smallest absolute Gasteiger partial charge is 0.333 e. The minimum Gasteiger partial charge on any atom is -0.333 e. The highest BCUT2D eigenvalue weighted by molar-refractivity contribution is 6.33. The molecule has 30 heavy (non-hydrogen) atoms. The van der Waals surface area contributed by atoms with Crippen LogP contribution < -0.4 is 16.2 Å². The highest BCUT2D eigenvalue weighted by atomic mass is 35.5. The van der Waals surface area contributed by atoms with Gasteiger partial charge in [0.25, 0.3) is 0 Å². The summed E-state index contributed by atoms with van der Waals surface area (Å²) in [7, 11) is 1.64. The number of benzene rings is 2. The van der Waals surface area contributed by atoms with E-state index in [1.807, 2.05) is 0 Å². The molecule has 0 radical (unpaired) electrons. The molecule has 11 heteroatoms. The van der Waals surface area contributed by atoms with E-state index in [1.54, 1.807) is 44.3 Å². The molecule has 2 aromatic carbocycles. The minimum atomic E-state index is -0.647. The average Bonchev–Trinajstić information content (AvgIpc) is 3.16. The second-order valence-corrected chi connectivity index (χ2v) is 6.69. The Morgan fingerprint density at radius 2 is 2.00 bits per heavy atom. The van der Waals surface area contributed by atoms with Gasteiger partial charge in [-0.15, -0.1) is 10.2 Å². The molecule has 0 saturated carbocycles. The van der Waals surface area contributed by atoms with Crippen molar-refractivity contribution in [2.45, 2.75) is 19.9 Å². The molecular formula is C19H19ClFN7O2. The van der Waals surface area contributed by atoms with Crippen LogP contribution in [0.5, 0.6) is 0 Å². The maximum atomic E-state index is 14.7. The molecule has 0 saturated heterocycles. The lowest BCUT2D eigenvalue weighted by Gasteiger charge is -2.12. The molecule has 3 rings (SSSR count). The number of carbonyl (C=O) groups excluding carboxylic acids is 2. The van der Waals surface area contributed by atoms with E-state index in [9.17, 15) is 14.0 Å². The predicted octanol–water partition coefficient (Wildman–Crippen LogP) is 2.58. The number of hydrogen-bond donors (Lipinski definition) is 3. The lowest BCUT2D eigenvalue weighted by Crippen LogP contribution is -2.46. The van der Waals surface area contributed by atoms with Crippen LogP contribution >= 0.6 is 11.6 Å². The maximum absolute atomic E-state index is 14.7. The Kier molecular flexibility index (Phi) is 6.58. The SMILES string of the molecule is CCC(=O)NNC(=O)NCc1ccc(-c2cccc(Cl)c2-c2nnn(C)n2)cc1F. The van der Waals surface area contributed by atoms with E-state index < -0.39 is 11.8 Å². The number of aryl methyl sites for hydroxylation is 1. The van der Waals surface area contributed by atoms with Crippen LogP contribution in [0.25, 0.3) is 22.5 Å². The number of amides is 3. The Morgan fingerprint density at radius 1 is 1.20 bits per heavy atom. The number of hydrogen-bond acceptors (Lipinski definition) is 5. The van der Waals surface area contributed by atoms with Crippen molar-refractivity contribution in [1.29, 1.82) is 0 Å². The third-order valence-corrected chi connectivity index (χ3v) is 4.50. The molecule has 3 amide bonds. The molecule has 0 aliphatic carbocycles. The zero-order valence-corrected chi connectivity index (χ0v) is 17.0. The van der Waals surface area contributed by atoms with Crippen molar-refractivity contribution in [3.8, 4) is 22.5 Å². The zero-order valence-electron chi connectivity index (χ0n) is 16.2. The fraction of sp³-hybridized carbons (Fsp3) is 0.211. The van der Waals surface area contributed by atoms with Crippen molar-refractivity contribution in [3.05, 3.63) is 52.8 Å². The van der Waals surface area contributed by atoms with Crippen molar-refractivity contribution in [3.63, 3.8) is 0 Å². The van der Waals surface area contributed by atoms with Gasteiger partial charge in [0.1, 0.15) is 5.82 Å². The monoisotopic (exact) mass is 431 g/mol. The number of urea groups is 1. The fourth-order valence-corrected chi connectivity index (χ4v) is 2.93. The van der Waals surface area contributed by atoms with E-state index in [2.05, 4.69) is 31.6 Å². The van der Waals surface area contributed by atoms with Gasteiger partial charge in [-0.25, -0.2) is 14.6 Å². The van der Waals surface area contributed by atoms with Crippen molar-refractivity contribution in [2.75, 3.05) is 0 Å². The molecule has 0 atom stereocenters. The molecule has 1 heterocycles. The van der Waals surface area contributed by atoms with Gasteiger partial charge in [0, 0.05) is 24.1 Å². The highest BCUT2D eigenvalue weighted by Crippen LogP contribution is 2.36. The first-order valence-corrected chi connectivity index (χ1v) is 9.41. The van der Waals surface area contributed by atoms with Gasteiger partial charge < -0.3 is 5.32 Å². The molecule has 9 nitrogen and oxygen atoms in total. The van der Waals surface area contributed by atoms with Gasteiger partial charge in [0.05, 0.1) is 12.1 Å². The van der Waals surface area contributed by atoms with E-state index >= 15 is 0 Å². The molecule has 156 valence electrons. The number of tetrazole rings is 1. The number of aromatic nitrogens is 4. The number of hydrazine groups is 1. The van der Waals surface area contributed by atoms with Crippen LogP contribution in [-0.4, -0.2) is 32.1 Å². The molecule has 0 aliphatic heterocycles. The number of nitrogens with zero attached hydrogens (tertiary/aromatic N) is 4. The molecule has 0 bridgehead atoms. The number of carbonyl (C=O) groups is 2. The largest absolute Gasteiger partial charge is 0.333 e. The van der Waals surface area contributed by atoms with E-state index in [0.29, 0.717) is 27.5 Å². The Labute approximate surface area is 176 Å².